The number of aromatic nitrogens is 1. The molecule has 5 nitrogen and oxygen atoms in total. The first-order valence-corrected chi connectivity index (χ1v) is 9.01. The molecule has 1 N–H and O–H groups in total. The summed E-state index contributed by atoms with van der Waals surface area (Å²) >= 11 is 1.33. The van der Waals surface area contributed by atoms with Crippen LogP contribution in [0, 0.1) is 0 Å². The summed E-state index contributed by atoms with van der Waals surface area (Å²) in [5.41, 5.74) is 0.888. The van der Waals surface area contributed by atoms with E-state index in [0.29, 0.717) is 30.7 Å². The monoisotopic (exact) mass is 326 g/mol. The van der Waals surface area contributed by atoms with Crippen LogP contribution < -0.4 is 0 Å². The minimum absolute atomic E-state index is 0.349. The van der Waals surface area contributed by atoms with Crippen molar-refractivity contribution in [3.05, 3.63) is 16.1 Å². The Morgan fingerprint density at radius 3 is 2.86 bits per heavy atom. The van der Waals surface area contributed by atoms with Crippen molar-refractivity contribution in [2.24, 2.45) is 0 Å². The molecule has 0 aromatic carbocycles. The number of nitrogens with zero attached hydrogens (tertiary/aromatic N) is 2. The van der Waals surface area contributed by atoms with Crippen molar-refractivity contribution in [3.63, 3.8) is 0 Å². The third-order valence-corrected chi connectivity index (χ3v) is 4.83. The van der Waals surface area contributed by atoms with Gasteiger partial charge in [-0.15, -0.1) is 11.3 Å². The molecular formula is C16H26N2O3S. The fourth-order valence-electron chi connectivity index (χ4n) is 3.00. The SMILES string of the molecule is CCOC(=O)c1nc(CN(CC(C)O)C2CCCCC2)cs1. The summed E-state index contributed by atoms with van der Waals surface area (Å²) in [6.07, 6.45) is 5.83. The molecule has 22 heavy (non-hydrogen) atoms. The maximum absolute atomic E-state index is 11.7. The Morgan fingerprint density at radius 2 is 2.23 bits per heavy atom. The number of esters is 1. The molecule has 1 aliphatic rings. The van der Waals surface area contributed by atoms with Crippen LogP contribution in [0.25, 0.3) is 0 Å². The molecule has 0 bridgehead atoms. The summed E-state index contributed by atoms with van der Waals surface area (Å²) in [4.78, 5) is 18.4. The second-order valence-electron chi connectivity index (χ2n) is 5.93. The van der Waals surface area contributed by atoms with Gasteiger partial charge >= 0.3 is 5.97 Å². The average molecular weight is 326 g/mol. The van der Waals surface area contributed by atoms with E-state index >= 15 is 0 Å². The van der Waals surface area contributed by atoms with Crippen molar-refractivity contribution in [3.8, 4) is 0 Å². The van der Waals surface area contributed by atoms with Gasteiger partial charge in [-0.05, 0) is 26.7 Å². The minimum atomic E-state index is -0.356. The van der Waals surface area contributed by atoms with Gasteiger partial charge in [-0.3, -0.25) is 4.90 Å². The van der Waals surface area contributed by atoms with Crippen LogP contribution in [0.2, 0.25) is 0 Å². The van der Waals surface area contributed by atoms with Gasteiger partial charge in [-0.1, -0.05) is 19.3 Å². The fraction of sp³-hybridized carbons (Fsp3) is 0.750. The molecule has 0 spiro atoms. The van der Waals surface area contributed by atoms with Crippen molar-refractivity contribution < 1.29 is 14.6 Å². The highest BCUT2D eigenvalue weighted by molar-refractivity contribution is 7.11. The Morgan fingerprint density at radius 1 is 1.50 bits per heavy atom. The molecule has 1 aliphatic carbocycles. The quantitative estimate of drug-likeness (QED) is 0.781. The topological polar surface area (TPSA) is 62.7 Å². The van der Waals surface area contributed by atoms with E-state index in [-0.39, 0.29) is 12.1 Å². The van der Waals surface area contributed by atoms with Gasteiger partial charge in [0.05, 0.1) is 18.4 Å². The van der Waals surface area contributed by atoms with Crippen LogP contribution in [0.5, 0.6) is 0 Å². The fourth-order valence-corrected chi connectivity index (χ4v) is 3.70. The lowest BCUT2D eigenvalue weighted by Gasteiger charge is -2.34. The summed E-state index contributed by atoms with van der Waals surface area (Å²) in [6, 6.07) is 0.510. The van der Waals surface area contributed by atoms with Gasteiger partial charge in [0.15, 0.2) is 0 Å². The number of ether oxygens (including phenoxy) is 1. The zero-order chi connectivity index (χ0) is 15.9. The normalized spacial score (nSPS) is 17.6. The predicted molar refractivity (Wildman–Crippen MR) is 87.0 cm³/mol. The maximum Gasteiger partial charge on any atom is 0.367 e. The number of carbonyl (C=O) groups is 1. The Kier molecular flexibility index (Phi) is 6.79. The molecule has 6 heteroatoms. The Hall–Kier alpha value is -0.980. The highest BCUT2D eigenvalue weighted by Crippen LogP contribution is 2.24. The Balaban J connectivity index is 2.01. The Labute approximate surface area is 136 Å². The molecule has 0 saturated heterocycles. The number of aliphatic hydroxyl groups excluding tert-OH is 1. The summed E-state index contributed by atoms with van der Waals surface area (Å²) in [5.74, 6) is -0.349. The summed E-state index contributed by atoms with van der Waals surface area (Å²) in [5, 5.41) is 12.1. The number of carbonyl (C=O) groups excluding carboxylic acids is 1. The van der Waals surface area contributed by atoms with Crippen LogP contribution in [0.15, 0.2) is 5.38 Å². The van der Waals surface area contributed by atoms with Gasteiger partial charge in [-0.2, -0.15) is 0 Å². The first kappa shape index (κ1) is 17.4. The number of hydrogen-bond donors (Lipinski definition) is 1. The van der Waals surface area contributed by atoms with Crippen molar-refractivity contribution in [2.45, 2.75) is 64.6 Å². The minimum Gasteiger partial charge on any atom is -0.461 e. The lowest BCUT2D eigenvalue weighted by Crippen LogP contribution is -2.40. The molecule has 2 rings (SSSR count). The van der Waals surface area contributed by atoms with Gasteiger partial charge in [-0.25, -0.2) is 9.78 Å². The smallest absolute Gasteiger partial charge is 0.367 e. The summed E-state index contributed by atoms with van der Waals surface area (Å²) in [7, 11) is 0. The van der Waals surface area contributed by atoms with E-state index in [1.54, 1.807) is 6.92 Å². The van der Waals surface area contributed by atoms with Crippen molar-refractivity contribution in [1.29, 1.82) is 0 Å². The van der Waals surface area contributed by atoms with Crippen LogP contribution in [0.4, 0.5) is 0 Å². The number of rotatable bonds is 7. The third kappa shape index (κ3) is 5.04. The van der Waals surface area contributed by atoms with Crippen LogP contribution >= 0.6 is 11.3 Å². The van der Waals surface area contributed by atoms with E-state index in [2.05, 4.69) is 9.88 Å². The van der Waals surface area contributed by atoms with Gasteiger partial charge in [0.1, 0.15) is 0 Å². The van der Waals surface area contributed by atoms with Crippen LogP contribution in [0.3, 0.4) is 0 Å². The van der Waals surface area contributed by atoms with Crippen LogP contribution in [-0.4, -0.2) is 46.3 Å². The molecule has 1 aromatic rings. The van der Waals surface area contributed by atoms with Gasteiger partial charge in [0, 0.05) is 24.5 Å². The van der Waals surface area contributed by atoms with Crippen LogP contribution in [0.1, 0.15) is 61.4 Å². The first-order chi connectivity index (χ1) is 10.6. The van der Waals surface area contributed by atoms with Crippen molar-refractivity contribution in [1.82, 2.24) is 9.88 Å². The molecule has 1 saturated carbocycles. The zero-order valence-corrected chi connectivity index (χ0v) is 14.3. The van der Waals surface area contributed by atoms with E-state index in [1.807, 2.05) is 12.3 Å². The van der Waals surface area contributed by atoms with E-state index in [9.17, 15) is 9.90 Å². The maximum atomic E-state index is 11.7. The molecule has 0 radical (unpaired) electrons. The molecule has 0 amide bonds. The average Bonchev–Trinajstić information content (AvgIpc) is 2.96. The van der Waals surface area contributed by atoms with Crippen molar-refractivity contribution in [2.75, 3.05) is 13.2 Å². The number of hydrogen-bond acceptors (Lipinski definition) is 6. The zero-order valence-electron chi connectivity index (χ0n) is 13.5. The second-order valence-corrected chi connectivity index (χ2v) is 6.79. The molecule has 124 valence electrons. The van der Waals surface area contributed by atoms with Crippen molar-refractivity contribution >= 4 is 17.3 Å². The lowest BCUT2D eigenvalue weighted by atomic mass is 9.94. The molecular weight excluding hydrogens is 300 g/mol. The molecule has 1 aromatic heterocycles. The summed E-state index contributed by atoms with van der Waals surface area (Å²) in [6.45, 7) is 5.31. The van der Waals surface area contributed by atoms with E-state index < -0.39 is 0 Å². The van der Waals surface area contributed by atoms with E-state index in [1.165, 1.54) is 43.4 Å². The highest BCUT2D eigenvalue weighted by Gasteiger charge is 2.23. The third-order valence-electron chi connectivity index (χ3n) is 3.96. The molecule has 0 aliphatic heterocycles. The second kappa shape index (κ2) is 8.60. The molecule has 1 heterocycles. The number of thiazole rings is 1. The molecule has 1 atom stereocenters. The highest BCUT2D eigenvalue weighted by atomic mass is 32.1. The lowest BCUT2D eigenvalue weighted by molar-refractivity contribution is 0.0524. The van der Waals surface area contributed by atoms with E-state index in [0.717, 1.165) is 5.69 Å². The molecule has 1 fully saturated rings. The van der Waals surface area contributed by atoms with Gasteiger partial charge < -0.3 is 9.84 Å². The number of aliphatic hydroxyl groups is 1. The summed E-state index contributed by atoms with van der Waals surface area (Å²) < 4.78 is 4.98. The standard InChI is InChI=1S/C16H26N2O3S/c1-3-21-16(20)15-17-13(11-22-15)10-18(9-12(2)19)14-7-5-4-6-8-14/h11-12,14,19H,3-10H2,1-2H3. The van der Waals surface area contributed by atoms with Crippen LogP contribution in [-0.2, 0) is 11.3 Å². The largest absolute Gasteiger partial charge is 0.461 e. The Bertz CT molecular complexity index is 470. The predicted octanol–water partition coefficient (Wildman–Crippen LogP) is 2.84. The van der Waals surface area contributed by atoms with Gasteiger partial charge in [0.25, 0.3) is 0 Å². The first-order valence-electron chi connectivity index (χ1n) is 8.13. The molecule has 1 unspecified atom stereocenters. The van der Waals surface area contributed by atoms with Gasteiger partial charge in [0.2, 0.25) is 5.01 Å². The van der Waals surface area contributed by atoms with E-state index in [4.69, 9.17) is 4.74 Å².